The summed E-state index contributed by atoms with van der Waals surface area (Å²) in [5.74, 6) is -0.822. The highest BCUT2D eigenvalue weighted by atomic mass is 19.2. The molecule has 0 saturated heterocycles. The summed E-state index contributed by atoms with van der Waals surface area (Å²) < 4.78 is 25.6. The molecule has 0 radical (unpaired) electrons. The van der Waals surface area contributed by atoms with Crippen LogP contribution in [0.4, 0.5) is 8.78 Å². The quantitative estimate of drug-likeness (QED) is 0.817. The molecule has 1 aromatic rings. The monoisotopic (exact) mass is 213 g/mol. The molecular formula is C12H17F2N. The summed E-state index contributed by atoms with van der Waals surface area (Å²) in [6.07, 6.45) is 0.700. The highest BCUT2D eigenvalue weighted by Gasteiger charge is 2.13. The molecule has 1 atom stereocenters. The van der Waals surface area contributed by atoms with Crippen LogP contribution in [0.1, 0.15) is 19.4 Å². The number of halogens is 2. The highest BCUT2D eigenvalue weighted by molar-refractivity contribution is 5.18. The summed E-state index contributed by atoms with van der Waals surface area (Å²) >= 11 is 0. The number of hydrogen-bond donors (Lipinski definition) is 1. The fraction of sp³-hybridized carbons (Fsp3) is 0.500. The average molecular weight is 213 g/mol. The summed E-state index contributed by atoms with van der Waals surface area (Å²) in [4.78, 5) is 0. The molecule has 0 aliphatic carbocycles. The van der Waals surface area contributed by atoms with E-state index in [0.717, 1.165) is 5.56 Å². The van der Waals surface area contributed by atoms with Gasteiger partial charge in [-0.15, -0.1) is 0 Å². The van der Waals surface area contributed by atoms with Gasteiger partial charge in [0, 0.05) is 0 Å². The molecule has 1 aromatic carbocycles. The third-order valence-electron chi connectivity index (χ3n) is 2.73. The molecule has 1 unspecified atom stereocenters. The minimum absolute atomic E-state index is 0.315. The van der Waals surface area contributed by atoms with Gasteiger partial charge in [-0.05, 0) is 42.5 Å². The van der Waals surface area contributed by atoms with Crippen molar-refractivity contribution in [3.63, 3.8) is 0 Å². The van der Waals surface area contributed by atoms with E-state index in [1.165, 1.54) is 12.1 Å². The van der Waals surface area contributed by atoms with E-state index in [1.54, 1.807) is 6.07 Å². The van der Waals surface area contributed by atoms with Gasteiger partial charge in [-0.1, -0.05) is 19.9 Å². The molecule has 0 amide bonds. The summed E-state index contributed by atoms with van der Waals surface area (Å²) in [7, 11) is 0. The van der Waals surface area contributed by atoms with Crippen LogP contribution >= 0.6 is 0 Å². The minimum Gasteiger partial charge on any atom is -0.330 e. The average Bonchev–Trinajstić information content (AvgIpc) is 2.19. The first kappa shape index (κ1) is 12.1. The van der Waals surface area contributed by atoms with Crippen molar-refractivity contribution in [3.05, 3.63) is 35.4 Å². The number of benzene rings is 1. The molecule has 84 valence electrons. The normalized spacial score (nSPS) is 13.2. The molecule has 2 N–H and O–H groups in total. The molecule has 0 saturated carbocycles. The molecule has 15 heavy (non-hydrogen) atoms. The third kappa shape index (κ3) is 3.27. The predicted molar refractivity (Wildman–Crippen MR) is 57.4 cm³/mol. The molecule has 1 nitrogen and oxygen atoms in total. The van der Waals surface area contributed by atoms with Crippen molar-refractivity contribution in [2.45, 2.75) is 20.3 Å². The van der Waals surface area contributed by atoms with Crippen molar-refractivity contribution in [2.75, 3.05) is 6.54 Å². The Hall–Kier alpha value is -0.960. The van der Waals surface area contributed by atoms with Crippen LogP contribution in [-0.4, -0.2) is 6.54 Å². The fourth-order valence-electron chi connectivity index (χ4n) is 1.56. The van der Waals surface area contributed by atoms with E-state index in [1.807, 2.05) is 0 Å². The Morgan fingerprint density at radius 2 is 1.87 bits per heavy atom. The summed E-state index contributed by atoms with van der Waals surface area (Å²) in [6, 6.07) is 4.03. The topological polar surface area (TPSA) is 26.0 Å². The lowest BCUT2D eigenvalue weighted by atomic mass is 9.89. The maximum absolute atomic E-state index is 12.9. The van der Waals surface area contributed by atoms with Crippen LogP contribution in [0.5, 0.6) is 0 Å². The number of hydrogen-bond acceptors (Lipinski definition) is 1. The molecule has 0 fully saturated rings. The standard InChI is InChI=1S/C12H17F2N/c1-8(2)10(7-15)5-9-3-4-11(13)12(14)6-9/h3-4,6,8,10H,5,7,15H2,1-2H3. The lowest BCUT2D eigenvalue weighted by molar-refractivity contribution is 0.390. The first-order valence-electron chi connectivity index (χ1n) is 5.18. The SMILES string of the molecule is CC(C)C(CN)Cc1ccc(F)c(F)c1. The second-order valence-electron chi connectivity index (χ2n) is 4.19. The summed E-state index contributed by atoms with van der Waals surface area (Å²) in [5, 5.41) is 0. The van der Waals surface area contributed by atoms with E-state index in [0.29, 0.717) is 24.8 Å². The van der Waals surface area contributed by atoms with E-state index >= 15 is 0 Å². The summed E-state index contributed by atoms with van der Waals surface area (Å²) in [5.41, 5.74) is 6.43. The van der Waals surface area contributed by atoms with Gasteiger partial charge in [-0.2, -0.15) is 0 Å². The van der Waals surface area contributed by atoms with Crippen LogP contribution in [0.3, 0.4) is 0 Å². The van der Waals surface area contributed by atoms with Crippen LogP contribution < -0.4 is 5.73 Å². The number of nitrogens with two attached hydrogens (primary N) is 1. The molecule has 0 aliphatic heterocycles. The Balaban J connectivity index is 2.75. The Labute approximate surface area is 89.3 Å². The van der Waals surface area contributed by atoms with Gasteiger partial charge in [0.1, 0.15) is 0 Å². The van der Waals surface area contributed by atoms with Gasteiger partial charge in [-0.3, -0.25) is 0 Å². The van der Waals surface area contributed by atoms with Gasteiger partial charge >= 0.3 is 0 Å². The molecule has 0 aliphatic rings. The zero-order valence-electron chi connectivity index (χ0n) is 9.13. The molecule has 0 bridgehead atoms. The van der Waals surface area contributed by atoms with Crippen molar-refractivity contribution in [1.29, 1.82) is 0 Å². The fourth-order valence-corrected chi connectivity index (χ4v) is 1.56. The zero-order chi connectivity index (χ0) is 11.4. The van der Waals surface area contributed by atoms with Gasteiger partial charge < -0.3 is 5.73 Å². The van der Waals surface area contributed by atoms with E-state index in [9.17, 15) is 8.78 Å². The first-order valence-corrected chi connectivity index (χ1v) is 5.18. The molecular weight excluding hydrogens is 196 g/mol. The van der Waals surface area contributed by atoms with E-state index in [4.69, 9.17) is 5.73 Å². The smallest absolute Gasteiger partial charge is 0.159 e. The first-order chi connectivity index (χ1) is 7.04. The van der Waals surface area contributed by atoms with Crippen molar-refractivity contribution in [1.82, 2.24) is 0 Å². The lowest BCUT2D eigenvalue weighted by Gasteiger charge is -2.18. The van der Waals surface area contributed by atoms with E-state index in [2.05, 4.69) is 13.8 Å². The van der Waals surface area contributed by atoms with Crippen molar-refractivity contribution in [2.24, 2.45) is 17.6 Å². The van der Waals surface area contributed by atoms with Gasteiger partial charge in [-0.25, -0.2) is 8.78 Å². The predicted octanol–water partition coefficient (Wildman–Crippen LogP) is 2.74. The van der Waals surface area contributed by atoms with Crippen LogP contribution in [0.25, 0.3) is 0 Å². The zero-order valence-corrected chi connectivity index (χ0v) is 9.13. The Morgan fingerprint density at radius 1 is 1.20 bits per heavy atom. The van der Waals surface area contributed by atoms with Crippen molar-refractivity contribution >= 4 is 0 Å². The lowest BCUT2D eigenvalue weighted by Crippen LogP contribution is -2.22. The maximum Gasteiger partial charge on any atom is 0.159 e. The van der Waals surface area contributed by atoms with Crippen LogP contribution in [0.15, 0.2) is 18.2 Å². The van der Waals surface area contributed by atoms with Crippen LogP contribution in [-0.2, 0) is 6.42 Å². The second kappa shape index (κ2) is 5.21. The molecule has 0 spiro atoms. The van der Waals surface area contributed by atoms with Crippen LogP contribution in [0, 0.1) is 23.5 Å². The van der Waals surface area contributed by atoms with Gasteiger partial charge in [0.25, 0.3) is 0 Å². The Morgan fingerprint density at radius 3 is 2.33 bits per heavy atom. The largest absolute Gasteiger partial charge is 0.330 e. The Bertz CT molecular complexity index is 323. The molecule has 3 heteroatoms. The van der Waals surface area contributed by atoms with Crippen molar-refractivity contribution in [3.8, 4) is 0 Å². The third-order valence-corrected chi connectivity index (χ3v) is 2.73. The van der Waals surface area contributed by atoms with E-state index in [-0.39, 0.29) is 0 Å². The number of rotatable bonds is 4. The molecule has 0 heterocycles. The summed E-state index contributed by atoms with van der Waals surface area (Å²) in [6.45, 7) is 4.73. The minimum atomic E-state index is -0.799. The van der Waals surface area contributed by atoms with Gasteiger partial charge in [0.05, 0.1) is 0 Å². The Kier molecular flexibility index (Phi) is 4.21. The van der Waals surface area contributed by atoms with Gasteiger partial charge in [0.15, 0.2) is 11.6 Å². The second-order valence-corrected chi connectivity index (χ2v) is 4.19. The van der Waals surface area contributed by atoms with Gasteiger partial charge in [0.2, 0.25) is 0 Å². The van der Waals surface area contributed by atoms with Crippen LogP contribution in [0.2, 0.25) is 0 Å². The van der Waals surface area contributed by atoms with E-state index < -0.39 is 11.6 Å². The molecule has 0 aromatic heterocycles. The van der Waals surface area contributed by atoms with Crippen molar-refractivity contribution < 1.29 is 8.78 Å². The maximum atomic E-state index is 12.9. The molecule has 1 rings (SSSR count). The highest BCUT2D eigenvalue weighted by Crippen LogP contribution is 2.17.